The molecule has 6 atom stereocenters. The van der Waals surface area contributed by atoms with Crippen LogP contribution in [0, 0.1) is 39.2 Å². The number of nitro benzene ring substituents is 1. The first-order valence-electron chi connectivity index (χ1n) is 20.7. The molecule has 6 rings (SSSR count). The molecule has 59 heavy (non-hydrogen) atoms. The standard InChI is InChI=1S/C46H54N4O9/c1-4-22-49(45(53)32-18-16-31(30-47)17-19-32)42-29-40(48-57-6-3)38-26-33(12-7-9-23-51)37(15-8-10-24-52)43-39-28-36(58-35-14-11-13-34(27-35)50(54)55)20-21-41(39)59-46(42,44(38)43)56-25-5-2/h5,11,13-14,16-21,26-28,33,37,42-44,51-52H,2,4,6-10,12,15,22-25,29H2,1,3H3/t33-,37+,42-,43+,44+,46+/m0/s1. The molecular weight excluding hydrogens is 753 g/mol. The van der Waals surface area contributed by atoms with Gasteiger partial charge in [0, 0.05) is 49.3 Å². The van der Waals surface area contributed by atoms with Crippen molar-refractivity contribution in [2.24, 2.45) is 22.9 Å². The van der Waals surface area contributed by atoms with Crippen LogP contribution in [-0.4, -0.2) is 76.5 Å². The highest BCUT2D eigenvalue weighted by molar-refractivity contribution is 6.03. The predicted octanol–water partition coefficient (Wildman–Crippen LogP) is 8.46. The fourth-order valence-electron chi connectivity index (χ4n) is 9.14. The Kier molecular flexibility index (Phi) is 14.5. The van der Waals surface area contributed by atoms with Gasteiger partial charge in [0.05, 0.1) is 40.9 Å². The van der Waals surface area contributed by atoms with Crippen LogP contribution in [-0.2, 0) is 9.57 Å². The van der Waals surface area contributed by atoms with Crippen molar-refractivity contribution in [3.63, 3.8) is 0 Å². The van der Waals surface area contributed by atoms with Gasteiger partial charge in [0.1, 0.15) is 29.9 Å². The van der Waals surface area contributed by atoms with Crippen molar-refractivity contribution < 1.29 is 39.0 Å². The lowest BCUT2D eigenvalue weighted by atomic mass is 9.55. The van der Waals surface area contributed by atoms with E-state index in [0.29, 0.717) is 66.5 Å². The van der Waals surface area contributed by atoms with Crippen LogP contribution in [0.5, 0.6) is 17.2 Å². The number of carbonyl (C=O) groups excluding carboxylic acids is 1. The maximum Gasteiger partial charge on any atom is 0.273 e. The molecule has 13 nitrogen and oxygen atoms in total. The normalized spacial score (nSPS) is 23.5. The van der Waals surface area contributed by atoms with E-state index in [1.54, 1.807) is 48.5 Å². The third-order valence-corrected chi connectivity index (χ3v) is 11.6. The number of carbonyl (C=O) groups is 1. The minimum absolute atomic E-state index is 0.00245. The first-order chi connectivity index (χ1) is 28.7. The van der Waals surface area contributed by atoms with Gasteiger partial charge in [0.25, 0.3) is 11.6 Å². The van der Waals surface area contributed by atoms with Crippen molar-refractivity contribution in [2.75, 3.05) is 33.0 Å². The van der Waals surface area contributed by atoms with E-state index in [2.05, 4.69) is 18.7 Å². The topological polar surface area (TPSA) is 177 Å². The second-order valence-electron chi connectivity index (χ2n) is 15.2. The smallest absolute Gasteiger partial charge is 0.273 e. The molecular formula is C46H54N4O9. The number of hydrogen-bond donors (Lipinski definition) is 2. The number of nitriles is 1. The van der Waals surface area contributed by atoms with Crippen molar-refractivity contribution in [1.82, 2.24) is 4.90 Å². The monoisotopic (exact) mass is 806 g/mol. The number of amides is 1. The molecule has 2 aliphatic carbocycles. The zero-order valence-corrected chi connectivity index (χ0v) is 33.8. The molecule has 1 fully saturated rings. The summed E-state index contributed by atoms with van der Waals surface area (Å²) in [5, 5.41) is 45.6. The lowest BCUT2D eigenvalue weighted by Crippen LogP contribution is -2.70. The summed E-state index contributed by atoms with van der Waals surface area (Å²) in [6, 6.07) is 19.6. The minimum atomic E-state index is -1.44. The van der Waals surface area contributed by atoms with E-state index >= 15 is 0 Å². The number of unbranched alkanes of at least 4 members (excludes halogenated alkanes) is 2. The number of hydrogen-bond acceptors (Lipinski definition) is 11. The summed E-state index contributed by atoms with van der Waals surface area (Å²) in [6.07, 6.45) is 9.22. The zero-order valence-electron chi connectivity index (χ0n) is 33.8. The van der Waals surface area contributed by atoms with E-state index in [1.165, 1.54) is 12.1 Å². The molecule has 3 aromatic carbocycles. The fourth-order valence-corrected chi connectivity index (χ4v) is 9.14. The maximum absolute atomic E-state index is 14.8. The van der Waals surface area contributed by atoms with E-state index in [1.807, 2.05) is 30.9 Å². The Morgan fingerprint density at radius 2 is 1.81 bits per heavy atom. The Hall–Kier alpha value is -5.55. The van der Waals surface area contributed by atoms with Crippen LogP contribution in [0.3, 0.4) is 0 Å². The molecule has 0 saturated heterocycles. The molecule has 0 bridgehead atoms. The summed E-state index contributed by atoms with van der Waals surface area (Å²) in [4.78, 5) is 33.6. The quantitative estimate of drug-likeness (QED) is 0.0487. The maximum atomic E-state index is 14.8. The van der Waals surface area contributed by atoms with Gasteiger partial charge in [0.15, 0.2) is 0 Å². The highest BCUT2D eigenvalue weighted by atomic mass is 16.7. The predicted molar refractivity (Wildman–Crippen MR) is 222 cm³/mol. The highest BCUT2D eigenvalue weighted by Gasteiger charge is 2.65. The Morgan fingerprint density at radius 1 is 1.07 bits per heavy atom. The average Bonchev–Trinajstić information content (AvgIpc) is 3.25. The Morgan fingerprint density at radius 3 is 2.49 bits per heavy atom. The van der Waals surface area contributed by atoms with E-state index < -0.39 is 22.7 Å². The van der Waals surface area contributed by atoms with Crippen molar-refractivity contribution >= 4 is 17.3 Å². The lowest BCUT2D eigenvalue weighted by Gasteiger charge is -2.60. The van der Waals surface area contributed by atoms with E-state index in [9.17, 15) is 30.4 Å². The highest BCUT2D eigenvalue weighted by Crippen LogP contribution is 2.62. The summed E-state index contributed by atoms with van der Waals surface area (Å²) >= 11 is 0. The van der Waals surface area contributed by atoms with Crippen molar-refractivity contribution in [1.29, 1.82) is 5.26 Å². The van der Waals surface area contributed by atoms with E-state index in [4.69, 9.17) is 24.2 Å². The Bertz CT molecular complexity index is 2060. The van der Waals surface area contributed by atoms with Crippen LogP contribution < -0.4 is 9.47 Å². The molecule has 1 saturated carbocycles. The number of rotatable bonds is 20. The molecule has 2 N–H and O–H groups in total. The van der Waals surface area contributed by atoms with Gasteiger partial charge in [-0.3, -0.25) is 14.9 Å². The number of allylic oxidation sites excluding steroid dienone is 1. The third-order valence-electron chi connectivity index (χ3n) is 11.6. The van der Waals surface area contributed by atoms with Gasteiger partial charge in [0.2, 0.25) is 5.79 Å². The SMILES string of the molecule is C=CCO[C@@]12Oc3ccc(Oc4cccc([N+](=O)[O-])c4)cc3[C@H]3[C@H](CCCCO)[C@@H](CCCCO)C=C(C(=NOCC)C[C@@H]1N(CCC)C(=O)c1ccc(C#N)cc1)[C@H]32. The summed E-state index contributed by atoms with van der Waals surface area (Å²) in [5.41, 5.74) is 3.24. The van der Waals surface area contributed by atoms with Gasteiger partial charge < -0.3 is 34.2 Å². The molecule has 13 heteroatoms. The van der Waals surface area contributed by atoms with Gasteiger partial charge in [-0.15, -0.1) is 6.58 Å². The Labute approximate surface area is 345 Å². The van der Waals surface area contributed by atoms with Gasteiger partial charge in [-0.1, -0.05) is 43.1 Å². The van der Waals surface area contributed by atoms with Crippen LogP contribution >= 0.6 is 0 Å². The summed E-state index contributed by atoms with van der Waals surface area (Å²) in [5.74, 6) is -1.10. The molecule has 0 aromatic heterocycles. The van der Waals surface area contributed by atoms with Gasteiger partial charge in [-0.2, -0.15) is 5.26 Å². The average molecular weight is 807 g/mol. The molecule has 3 aromatic rings. The first kappa shape index (κ1) is 43.0. The second-order valence-corrected chi connectivity index (χ2v) is 15.2. The number of benzene rings is 3. The van der Waals surface area contributed by atoms with Gasteiger partial charge in [-0.25, -0.2) is 0 Å². The number of aliphatic hydroxyl groups is 2. The first-order valence-corrected chi connectivity index (χ1v) is 20.7. The molecule has 1 heterocycles. The largest absolute Gasteiger partial charge is 0.459 e. The summed E-state index contributed by atoms with van der Waals surface area (Å²) in [6.45, 7) is 8.84. The molecule has 0 spiro atoms. The number of fused-ring (bicyclic) bond motifs is 2. The number of nitro groups is 1. The van der Waals surface area contributed by atoms with Crippen molar-refractivity contribution in [2.45, 2.75) is 83.0 Å². The number of nitrogens with zero attached hydrogens (tertiary/aromatic N) is 4. The number of ether oxygens (including phenoxy) is 3. The van der Waals surface area contributed by atoms with E-state index in [-0.39, 0.29) is 55.6 Å². The fraction of sp³-hybridized carbons (Fsp3) is 0.457. The number of non-ortho nitro benzene ring substituents is 1. The molecule has 0 unspecified atom stereocenters. The third kappa shape index (κ3) is 9.20. The second kappa shape index (κ2) is 19.9. The molecule has 1 amide bonds. The molecule has 1 aliphatic heterocycles. The van der Waals surface area contributed by atoms with Crippen LogP contribution in [0.4, 0.5) is 5.69 Å². The van der Waals surface area contributed by atoms with Gasteiger partial charge in [-0.05, 0) is 105 Å². The van der Waals surface area contributed by atoms with Crippen LogP contribution in [0.1, 0.15) is 92.6 Å². The summed E-state index contributed by atoms with van der Waals surface area (Å²) in [7, 11) is 0. The number of aliphatic hydroxyl groups excluding tert-OH is 2. The van der Waals surface area contributed by atoms with Crippen LogP contribution in [0.25, 0.3) is 0 Å². The van der Waals surface area contributed by atoms with E-state index in [0.717, 1.165) is 36.8 Å². The van der Waals surface area contributed by atoms with Crippen molar-refractivity contribution in [3.05, 3.63) is 118 Å². The van der Waals surface area contributed by atoms with Gasteiger partial charge >= 0.3 is 0 Å². The van der Waals surface area contributed by atoms with Crippen LogP contribution in [0.15, 0.2) is 96.2 Å². The molecule has 3 aliphatic rings. The van der Waals surface area contributed by atoms with Crippen molar-refractivity contribution in [3.8, 4) is 23.3 Å². The lowest BCUT2D eigenvalue weighted by molar-refractivity contribution is -0.384. The summed E-state index contributed by atoms with van der Waals surface area (Å²) < 4.78 is 20.6. The molecule has 312 valence electrons. The van der Waals surface area contributed by atoms with Crippen LogP contribution in [0.2, 0.25) is 0 Å². The number of oxime groups is 1. The Balaban J connectivity index is 1.59. The minimum Gasteiger partial charge on any atom is -0.459 e. The zero-order chi connectivity index (χ0) is 41.9. The molecule has 0 radical (unpaired) electrons.